The number of fused-ring (bicyclic) bond motifs is 3. The molecule has 1 N–H and O–H groups in total. The summed E-state index contributed by atoms with van der Waals surface area (Å²) in [6.07, 6.45) is 2.06. The van der Waals surface area contributed by atoms with Crippen LogP contribution in [0.5, 0.6) is 0 Å². The van der Waals surface area contributed by atoms with Crippen molar-refractivity contribution in [3.8, 4) is 0 Å². The number of pyridine rings is 1. The zero-order valence-corrected chi connectivity index (χ0v) is 9.03. The maximum Gasteiger partial charge on any atom is 0.284 e. The average Bonchev–Trinajstić information content (AvgIpc) is 2.56. The normalized spacial score (nSPS) is 10.3. The quantitative estimate of drug-likeness (QED) is 0.489. The molecule has 2 aromatic heterocycles. The van der Waals surface area contributed by atoms with Crippen molar-refractivity contribution >= 4 is 16.7 Å². The Morgan fingerprint density at radius 2 is 1.71 bits per heavy atom. The molecule has 14 heavy (non-hydrogen) atoms. The summed E-state index contributed by atoms with van der Waals surface area (Å²) in [5.74, 6) is 0. The van der Waals surface area contributed by atoms with E-state index in [1.165, 1.54) is 11.0 Å². The van der Waals surface area contributed by atoms with Gasteiger partial charge in [-0.15, -0.1) is 0 Å². The number of para-hydroxylation sites is 2. The monoisotopic (exact) mass is 248 g/mol. The van der Waals surface area contributed by atoms with Gasteiger partial charge in [0.25, 0.3) is 5.65 Å². The molecule has 3 heteroatoms. The Kier molecular flexibility index (Phi) is 2.25. The highest BCUT2D eigenvalue weighted by atomic mass is 79.9. The molecule has 0 fully saturated rings. The smallest absolute Gasteiger partial charge is 0.284 e. The third kappa shape index (κ3) is 1.21. The van der Waals surface area contributed by atoms with Crippen molar-refractivity contribution in [3.05, 3.63) is 48.7 Å². The summed E-state index contributed by atoms with van der Waals surface area (Å²) in [7, 11) is 0. The molecule has 0 spiro atoms. The van der Waals surface area contributed by atoms with Gasteiger partial charge in [-0.1, -0.05) is 18.2 Å². The van der Waals surface area contributed by atoms with Gasteiger partial charge >= 0.3 is 0 Å². The molecular formula is C11H9BrN2. The zero-order valence-electron chi connectivity index (χ0n) is 7.44. The minimum Gasteiger partial charge on any atom is -1.00 e. The van der Waals surface area contributed by atoms with Gasteiger partial charge in [-0.3, -0.25) is 0 Å². The third-order valence-electron chi connectivity index (χ3n) is 2.29. The highest BCUT2D eigenvalue weighted by molar-refractivity contribution is 5.73. The highest BCUT2D eigenvalue weighted by Crippen LogP contribution is 2.08. The van der Waals surface area contributed by atoms with Gasteiger partial charge in [-0.2, -0.15) is 4.40 Å². The maximum atomic E-state index is 3.34. The third-order valence-corrected chi connectivity index (χ3v) is 2.29. The first-order valence-corrected chi connectivity index (χ1v) is 4.32. The van der Waals surface area contributed by atoms with E-state index in [0.717, 1.165) is 5.65 Å². The molecule has 3 rings (SSSR count). The highest BCUT2D eigenvalue weighted by Gasteiger charge is 2.07. The summed E-state index contributed by atoms with van der Waals surface area (Å²) in [6, 6.07) is 14.4. The molecule has 0 atom stereocenters. The fourth-order valence-corrected chi connectivity index (χ4v) is 1.68. The Morgan fingerprint density at radius 3 is 2.64 bits per heavy atom. The number of rotatable bonds is 0. The number of halogens is 1. The molecule has 0 amide bonds. The number of nitrogens with zero attached hydrogens (tertiary/aromatic N) is 1. The van der Waals surface area contributed by atoms with E-state index in [1.807, 2.05) is 18.2 Å². The number of aromatic amines is 1. The van der Waals surface area contributed by atoms with Crippen molar-refractivity contribution in [2.75, 3.05) is 0 Å². The number of benzene rings is 1. The molecule has 0 saturated heterocycles. The second-order valence-electron chi connectivity index (χ2n) is 3.10. The Morgan fingerprint density at radius 1 is 0.929 bits per heavy atom. The van der Waals surface area contributed by atoms with E-state index in [9.17, 15) is 0 Å². The van der Waals surface area contributed by atoms with Crippen LogP contribution in [-0.4, -0.2) is 4.98 Å². The molecule has 0 unspecified atom stereocenters. The predicted octanol–water partition coefficient (Wildman–Crippen LogP) is -1.09. The van der Waals surface area contributed by atoms with Crippen LogP contribution in [0.3, 0.4) is 0 Å². The predicted molar refractivity (Wildman–Crippen MR) is 51.5 cm³/mol. The van der Waals surface area contributed by atoms with Gasteiger partial charge in [0.1, 0.15) is 0 Å². The fourth-order valence-electron chi connectivity index (χ4n) is 1.68. The van der Waals surface area contributed by atoms with E-state index in [2.05, 4.69) is 39.8 Å². The lowest BCUT2D eigenvalue weighted by molar-refractivity contribution is -0.480. The topological polar surface area (TPSA) is 19.9 Å². The molecule has 3 aromatic rings. The van der Waals surface area contributed by atoms with Gasteiger partial charge in [-0.05, 0) is 18.2 Å². The molecule has 0 aliphatic heterocycles. The first-order valence-electron chi connectivity index (χ1n) is 4.32. The lowest BCUT2D eigenvalue weighted by atomic mass is 10.3. The summed E-state index contributed by atoms with van der Waals surface area (Å²) in [5.41, 5.74) is 3.52. The summed E-state index contributed by atoms with van der Waals surface area (Å²) in [5, 5.41) is 0. The number of aromatic nitrogens is 2. The minimum atomic E-state index is 0. The lowest BCUT2D eigenvalue weighted by Gasteiger charge is -1.83. The number of H-pyrrole nitrogens is 1. The molecular weight excluding hydrogens is 240 g/mol. The van der Waals surface area contributed by atoms with Gasteiger partial charge in [0.05, 0.1) is 6.20 Å². The van der Waals surface area contributed by atoms with Crippen molar-refractivity contribution in [3.63, 3.8) is 0 Å². The van der Waals surface area contributed by atoms with Crippen LogP contribution in [0.2, 0.25) is 0 Å². The van der Waals surface area contributed by atoms with Gasteiger partial charge in [0, 0.05) is 6.07 Å². The molecule has 0 aliphatic rings. The van der Waals surface area contributed by atoms with Crippen molar-refractivity contribution in [2.24, 2.45) is 0 Å². The standard InChI is InChI=1S/C11H8N2.BrH/c1-2-6-10-9(5-1)12-11-7-3-4-8-13(10)11;/h1-8H;1H. The van der Waals surface area contributed by atoms with E-state index >= 15 is 0 Å². The molecule has 0 bridgehead atoms. The van der Waals surface area contributed by atoms with Crippen molar-refractivity contribution in [1.29, 1.82) is 0 Å². The molecule has 0 aliphatic carbocycles. The Balaban J connectivity index is 0.000000750. The number of nitrogens with one attached hydrogen (secondary N) is 1. The Hall–Kier alpha value is -1.35. The fraction of sp³-hybridized carbons (Fsp3) is 0. The summed E-state index contributed by atoms with van der Waals surface area (Å²) in [4.78, 5) is 3.34. The van der Waals surface area contributed by atoms with Gasteiger partial charge in [0.15, 0.2) is 11.0 Å². The van der Waals surface area contributed by atoms with E-state index in [4.69, 9.17) is 0 Å². The van der Waals surface area contributed by atoms with E-state index in [0.29, 0.717) is 0 Å². The van der Waals surface area contributed by atoms with Crippen LogP contribution in [0.1, 0.15) is 0 Å². The minimum absolute atomic E-state index is 0. The van der Waals surface area contributed by atoms with Crippen LogP contribution in [0.25, 0.3) is 16.7 Å². The Bertz CT molecular complexity index is 521. The zero-order chi connectivity index (χ0) is 8.67. The van der Waals surface area contributed by atoms with Crippen LogP contribution in [-0.2, 0) is 0 Å². The van der Waals surface area contributed by atoms with E-state index < -0.39 is 0 Å². The molecule has 70 valence electrons. The first-order chi connectivity index (χ1) is 6.45. The van der Waals surface area contributed by atoms with E-state index in [-0.39, 0.29) is 17.0 Å². The molecule has 2 nitrogen and oxygen atoms in total. The van der Waals surface area contributed by atoms with Gasteiger partial charge in [0.2, 0.25) is 0 Å². The van der Waals surface area contributed by atoms with Gasteiger partial charge < -0.3 is 17.0 Å². The van der Waals surface area contributed by atoms with Crippen LogP contribution in [0, 0.1) is 0 Å². The summed E-state index contributed by atoms with van der Waals surface area (Å²) in [6.45, 7) is 0. The molecule has 1 aromatic carbocycles. The second kappa shape index (κ2) is 3.42. The van der Waals surface area contributed by atoms with Crippen molar-refractivity contribution in [1.82, 2.24) is 4.98 Å². The number of hydrogen-bond donors (Lipinski definition) is 1. The van der Waals surface area contributed by atoms with Crippen LogP contribution in [0.4, 0.5) is 0 Å². The molecule has 2 heterocycles. The lowest BCUT2D eigenvalue weighted by Crippen LogP contribution is -3.00. The number of imidazole rings is 1. The van der Waals surface area contributed by atoms with Crippen LogP contribution in [0.15, 0.2) is 48.7 Å². The van der Waals surface area contributed by atoms with Gasteiger partial charge in [-0.25, -0.2) is 4.98 Å². The van der Waals surface area contributed by atoms with Crippen LogP contribution < -0.4 is 21.4 Å². The second-order valence-corrected chi connectivity index (χ2v) is 3.10. The Labute approximate surface area is 92.0 Å². The number of hydrogen-bond acceptors (Lipinski definition) is 0. The average molecular weight is 249 g/mol. The van der Waals surface area contributed by atoms with Crippen molar-refractivity contribution < 1.29 is 21.4 Å². The van der Waals surface area contributed by atoms with Crippen molar-refractivity contribution in [2.45, 2.75) is 0 Å². The maximum absolute atomic E-state index is 3.34. The largest absolute Gasteiger partial charge is 1.00 e. The van der Waals surface area contributed by atoms with E-state index in [1.54, 1.807) is 0 Å². The summed E-state index contributed by atoms with van der Waals surface area (Å²) < 4.78 is 2.15. The molecule has 0 saturated carbocycles. The van der Waals surface area contributed by atoms with Crippen LogP contribution >= 0.6 is 0 Å². The first kappa shape index (κ1) is 9.21. The summed E-state index contributed by atoms with van der Waals surface area (Å²) >= 11 is 0. The SMILES string of the molecule is [Br-].c1ccc2c(c1)[nH]c1cccc[n+]12. The molecule has 0 radical (unpaired) electrons.